The Hall–Kier alpha value is -1.92. The number of thiophene rings is 1. The van der Waals surface area contributed by atoms with Gasteiger partial charge in [0.25, 0.3) is 0 Å². The van der Waals surface area contributed by atoms with E-state index in [4.69, 9.17) is 16.3 Å². The third-order valence-corrected chi connectivity index (χ3v) is 4.02. The Labute approximate surface area is 129 Å². The van der Waals surface area contributed by atoms with Crippen LogP contribution in [0.3, 0.4) is 0 Å². The van der Waals surface area contributed by atoms with Crippen LogP contribution in [0, 0.1) is 12.7 Å². The molecular weight excluding hydrogens is 313 g/mol. The van der Waals surface area contributed by atoms with Gasteiger partial charge < -0.3 is 10.1 Å². The molecule has 4 nitrogen and oxygen atoms in total. The van der Waals surface area contributed by atoms with Crippen LogP contribution in [0.15, 0.2) is 24.3 Å². The minimum Gasteiger partial charge on any atom is -0.494 e. The highest BCUT2D eigenvalue weighted by Gasteiger charge is 2.12. The van der Waals surface area contributed by atoms with Gasteiger partial charge in [0, 0.05) is 10.9 Å². The first-order valence-corrected chi connectivity index (χ1v) is 7.30. The van der Waals surface area contributed by atoms with Crippen molar-refractivity contribution in [1.82, 2.24) is 9.97 Å². The summed E-state index contributed by atoms with van der Waals surface area (Å²) in [6, 6.07) is 6.23. The van der Waals surface area contributed by atoms with Crippen LogP contribution in [-0.4, -0.2) is 17.1 Å². The van der Waals surface area contributed by atoms with E-state index in [9.17, 15) is 4.39 Å². The van der Waals surface area contributed by atoms with Crippen molar-refractivity contribution in [2.24, 2.45) is 0 Å². The van der Waals surface area contributed by atoms with Crippen LogP contribution >= 0.6 is 22.9 Å². The molecule has 0 saturated carbocycles. The maximum atomic E-state index is 13.2. The fourth-order valence-electron chi connectivity index (χ4n) is 2.01. The van der Waals surface area contributed by atoms with Crippen LogP contribution in [0.25, 0.3) is 10.2 Å². The standard InChI is InChI=1S/C14H11ClFN3OS/c1-7-5-9-12(18-14(15)19-13(9)21-7)17-10-4-3-8(16)6-11(10)20-2/h3-6H,1-2H3,(H,17,18,19). The first-order chi connectivity index (χ1) is 10.1. The van der Waals surface area contributed by atoms with Crippen molar-refractivity contribution in [3.8, 4) is 5.75 Å². The number of anilines is 2. The lowest BCUT2D eigenvalue weighted by Gasteiger charge is -2.11. The molecule has 0 unspecified atom stereocenters. The molecule has 0 saturated heterocycles. The number of aromatic nitrogens is 2. The largest absolute Gasteiger partial charge is 0.494 e. The number of hydrogen-bond acceptors (Lipinski definition) is 5. The first kappa shape index (κ1) is 14.0. The minimum absolute atomic E-state index is 0.160. The second kappa shape index (κ2) is 5.46. The van der Waals surface area contributed by atoms with Gasteiger partial charge in [-0.3, -0.25) is 0 Å². The molecule has 0 radical (unpaired) electrons. The summed E-state index contributed by atoms with van der Waals surface area (Å²) in [6.07, 6.45) is 0. The Bertz CT molecular complexity index is 821. The average molecular weight is 324 g/mol. The van der Waals surface area contributed by atoms with E-state index in [-0.39, 0.29) is 11.1 Å². The topological polar surface area (TPSA) is 47.0 Å². The van der Waals surface area contributed by atoms with Gasteiger partial charge in [-0.05, 0) is 36.7 Å². The number of methoxy groups -OCH3 is 1. The predicted molar refractivity (Wildman–Crippen MR) is 83.4 cm³/mol. The lowest BCUT2D eigenvalue weighted by atomic mass is 10.2. The van der Waals surface area contributed by atoms with E-state index in [0.29, 0.717) is 17.3 Å². The highest BCUT2D eigenvalue weighted by atomic mass is 35.5. The molecule has 2 heterocycles. The van der Waals surface area contributed by atoms with Crippen molar-refractivity contribution in [2.75, 3.05) is 12.4 Å². The van der Waals surface area contributed by atoms with Crippen LogP contribution < -0.4 is 10.1 Å². The number of fused-ring (bicyclic) bond motifs is 1. The van der Waals surface area contributed by atoms with Crippen molar-refractivity contribution in [2.45, 2.75) is 6.92 Å². The number of ether oxygens (including phenoxy) is 1. The summed E-state index contributed by atoms with van der Waals surface area (Å²) in [6.45, 7) is 1.99. The Morgan fingerprint density at radius 1 is 1.29 bits per heavy atom. The molecule has 0 amide bonds. The monoisotopic (exact) mass is 323 g/mol. The molecule has 108 valence electrons. The fourth-order valence-corrected chi connectivity index (χ4v) is 3.11. The van der Waals surface area contributed by atoms with Gasteiger partial charge in [-0.2, -0.15) is 4.98 Å². The summed E-state index contributed by atoms with van der Waals surface area (Å²) < 4.78 is 18.4. The summed E-state index contributed by atoms with van der Waals surface area (Å²) in [4.78, 5) is 10.3. The maximum absolute atomic E-state index is 13.2. The second-order valence-corrected chi connectivity index (χ2v) is 5.96. The summed E-state index contributed by atoms with van der Waals surface area (Å²) in [7, 11) is 1.48. The molecule has 0 spiro atoms. The van der Waals surface area contributed by atoms with Crippen molar-refractivity contribution < 1.29 is 9.13 Å². The van der Waals surface area contributed by atoms with Crippen LogP contribution in [0.2, 0.25) is 5.28 Å². The number of nitrogens with zero attached hydrogens (tertiary/aromatic N) is 2. The molecule has 1 aromatic carbocycles. The number of benzene rings is 1. The zero-order chi connectivity index (χ0) is 15.0. The third kappa shape index (κ3) is 2.77. The van der Waals surface area contributed by atoms with Gasteiger partial charge >= 0.3 is 0 Å². The summed E-state index contributed by atoms with van der Waals surface area (Å²) in [5, 5.41) is 4.16. The lowest BCUT2D eigenvalue weighted by molar-refractivity contribution is 0.413. The van der Waals surface area contributed by atoms with Gasteiger partial charge in [0.05, 0.1) is 18.2 Å². The quantitative estimate of drug-likeness (QED) is 0.719. The molecule has 3 aromatic rings. The molecule has 21 heavy (non-hydrogen) atoms. The summed E-state index contributed by atoms with van der Waals surface area (Å²) >= 11 is 7.49. The van der Waals surface area contributed by atoms with E-state index in [0.717, 1.165) is 15.1 Å². The Morgan fingerprint density at radius 2 is 2.10 bits per heavy atom. The van der Waals surface area contributed by atoms with Gasteiger partial charge in [0.2, 0.25) is 5.28 Å². The summed E-state index contributed by atoms with van der Waals surface area (Å²) in [5.41, 5.74) is 0.610. The minimum atomic E-state index is -0.366. The smallest absolute Gasteiger partial charge is 0.225 e. The van der Waals surface area contributed by atoms with Gasteiger partial charge in [-0.15, -0.1) is 11.3 Å². The molecule has 0 aliphatic carbocycles. The van der Waals surface area contributed by atoms with Crippen molar-refractivity contribution in [1.29, 1.82) is 0 Å². The maximum Gasteiger partial charge on any atom is 0.225 e. The van der Waals surface area contributed by atoms with E-state index in [1.54, 1.807) is 6.07 Å². The average Bonchev–Trinajstić information content (AvgIpc) is 2.81. The van der Waals surface area contributed by atoms with Crippen LogP contribution in [-0.2, 0) is 0 Å². The molecule has 0 bridgehead atoms. The van der Waals surface area contributed by atoms with E-state index in [1.165, 1.54) is 30.6 Å². The zero-order valence-electron chi connectivity index (χ0n) is 11.3. The van der Waals surface area contributed by atoms with E-state index >= 15 is 0 Å². The fraction of sp³-hybridized carbons (Fsp3) is 0.143. The number of halogens is 2. The van der Waals surface area contributed by atoms with Gasteiger partial charge in [-0.1, -0.05) is 0 Å². The van der Waals surface area contributed by atoms with Crippen LogP contribution in [0.5, 0.6) is 5.75 Å². The van der Waals surface area contributed by atoms with Crippen molar-refractivity contribution >= 4 is 44.7 Å². The highest BCUT2D eigenvalue weighted by molar-refractivity contribution is 7.18. The van der Waals surface area contributed by atoms with E-state index in [2.05, 4.69) is 15.3 Å². The summed E-state index contributed by atoms with van der Waals surface area (Å²) in [5.74, 6) is 0.596. The van der Waals surface area contributed by atoms with Gasteiger partial charge in [-0.25, -0.2) is 9.37 Å². The van der Waals surface area contributed by atoms with Crippen molar-refractivity contribution in [3.05, 3.63) is 40.2 Å². The van der Waals surface area contributed by atoms with E-state index in [1.807, 2.05) is 13.0 Å². The van der Waals surface area contributed by atoms with Crippen LogP contribution in [0.1, 0.15) is 4.88 Å². The molecule has 0 atom stereocenters. The normalized spacial score (nSPS) is 10.9. The molecule has 0 aliphatic rings. The SMILES string of the molecule is COc1cc(F)ccc1Nc1nc(Cl)nc2sc(C)cc12. The molecule has 2 aromatic heterocycles. The zero-order valence-corrected chi connectivity index (χ0v) is 12.8. The first-order valence-electron chi connectivity index (χ1n) is 6.11. The number of rotatable bonds is 3. The van der Waals surface area contributed by atoms with Gasteiger partial charge in [0.1, 0.15) is 22.2 Å². The van der Waals surface area contributed by atoms with Gasteiger partial charge in [0.15, 0.2) is 0 Å². The highest BCUT2D eigenvalue weighted by Crippen LogP contribution is 2.34. The van der Waals surface area contributed by atoms with Crippen molar-refractivity contribution in [3.63, 3.8) is 0 Å². The molecular formula is C14H11ClFN3OS. The van der Waals surface area contributed by atoms with Crippen LogP contribution in [0.4, 0.5) is 15.9 Å². The molecule has 0 aliphatic heterocycles. The third-order valence-electron chi connectivity index (χ3n) is 2.91. The second-order valence-electron chi connectivity index (χ2n) is 4.39. The lowest BCUT2D eigenvalue weighted by Crippen LogP contribution is -1.98. The predicted octanol–water partition coefficient (Wildman–Crippen LogP) is 4.54. The van der Waals surface area contributed by atoms with E-state index < -0.39 is 0 Å². The number of hydrogen-bond donors (Lipinski definition) is 1. The molecule has 1 N–H and O–H groups in total. The Kier molecular flexibility index (Phi) is 3.65. The number of aryl methyl sites for hydroxylation is 1. The Morgan fingerprint density at radius 3 is 2.86 bits per heavy atom. The Balaban J connectivity index is 2.09. The molecule has 7 heteroatoms. The number of nitrogens with one attached hydrogen (secondary N) is 1. The molecule has 0 fully saturated rings. The molecule has 3 rings (SSSR count).